The van der Waals surface area contributed by atoms with Crippen LogP contribution in [0.25, 0.3) is 61.1 Å². The molecule has 0 atom stereocenters. The van der Waals surface area contributed by atoms with Crippen molar-refractivity contribution >= 4 is 98.6 Å². The zero-order chi connectivity index (χ0) is 34.9. The summed E-state index contributed by atoms with van der Waals surface area (Å²) < 4.78 is 99.0. The number of oxazole rings is 1. The normalized spacial score (nSPS) is 14.3. The molecule has 51 heavy (non-hydrogen) atoms. The van der Waals surface area contributed by atoms with Crippen LogP contribution in [0.1, 0.15) is 5.89 Å². The van der Waals surface area contributed by atoms with Gasteiger partial charge in [-0.15, -0.1) is 16.2 Å². The van der Waals surface area contributed by atoms with Gasteiger partial charge in [0.15, 0.2) is 20.9 Å². The maximum Gasteiger partial charge on any atom is 1.00 e. The Hall–Kier alpha value is -3.92. The molecule has 7 aromatic rings. The molecule has 1 aliphatic rings. The van der Waals surface area contributed by atoms with Gasteiger partial charge >= 0.3 is 57.3 Å². The number of alkyl halides is 1. The van der Waals surface area contributed by atoms with Crippen LogP contribution in [0.15, 0.2) is 127 Å². The second-order valence-electron chi connectivity index (χ2n) is 11.2. The van der Waals surface area contributed by atoms with Gasteiger partial charge in [-0.3, -0.25) is 4.90 Å². The average Bonchev–Trinajstić information content (AvgIpc) is 3.80. The molecule has 4 heterocycles. The van der Waals surface area contributed by atoms with Crippen LogP contribution in [0.5, 0.6) is 5.75 Å². The Kier molecular flexibility index (Phi) is 9.21. The number of para-hydroxylation sites is 2. The van der Waals surface area contributed by atoms with E-state index in [1.54, 1.807) is 36.4 Å². The first kappa shape index (κ1) is 35.5. The maximum atomic E-state index is 12.5. The summed E-state index contributed by atoms with van der Waals surface area (Å²) >= 11 is 6.36. The van der Waals surface area contributed by atoms with Gasteiger partial charge in [0.25, 0.3) is 5.52 Å². The van der Waals surface area contributed by atoms with E-state index in [0.29, 0.717) is 33.1 Å². The third-order valence-electron chi connectivity index (χ3n) is 8.06. The number of aromatic nitrogens is 1. The standard InChI is InChI=1S/C35H21ClN2O10S2.K/c1-2-7-35(50(42,43)44)38-26-17-30-24(22-9-4-6-11-28(22)46-30)15-32(26)48-34(38)13-20(18-36)12-33-37(19-49(39,40)41)25-16-29-23(14-31(25)47-33)21-8-3-5-10-27(21)45-29;/h3-6,8-17H,1,18-19H2,(H-,39,40,41,42,43,44);/q;+1/p-1. The van der Waals surface area contributed by atoms with Gasteiger partial charge in [0, 0.05) is 39.6 Å². The van der Waals surface area contributed by atoms with E-state index >= 15 is 0 Å². The minimum atomic E-state index is -5.20. The minimum absolute atomic E-state index is 0. The molecular weight excluding hydrogens is 747 g/mol. The van der Waals surface area contributed by atoms with E-state index in [0.717, 1.165) is 20.2 Å². The summed E-state index contributed by atoms with van der Waals surface area (Å²) in [5.41, 5.74) is 7.36. The van der Waals surface area contributed by atoms with Crippen LogP contribution < -0.4 is 65.6 Å². The van der Waals surface area contributed by atoms with E-state index in [1.807, 2.05) is 30.3 Å². The Morgan fingerprint density at radius 3 is 2.08 bits per heavy atom. The van der Waals surface area contributed by atoms with Crippen LogP contribution in [-0.4, -0.2) is 31.8 Å². The number of rotatable bonds is 7. The third-order valence-corrected chi connectivity index (χ3v) is 9.70. The van der Waals surface area contributed by atoms with Gasteiger partial charge < -0.3 is 27.1 Å². The molecule has 0 aliphatic carbocycles. The Morgan fingerprint density at radius 2 is 1.47 bits per heavy atom. The number of fused-ring (bicyclic) bond motifs is 8. The first-order chi connectivity index (χ1) is 23.9. The second-order valence-corrected chi connectivity index (χ2v) is 14.2. The largest absolute Gasteiger partial charge is 1.00 e. The van der Waals surface area contributed by atoms with Crippen LogP contribution in [0.2, 0.25) is 0 Å². The van der Waals surface area contributed by atoms with Gasteiger partial charge in [-0.1, -0.05) is 42.1 Å². The predicted molar refractivity (Wildman–Crippen MR) is 183 cm³/mol. The topological polar surface area (TPSA) is 170 Å². The van der Waals surface area contributed by atoms with E-state index in [2.05, 4.69) is 18.0 Å². The number of anilines is 1. The van der Waals surface area contributed by atoms with Crippen LogP contribution in [-0.2, 0) is 26.1 Å². The summed E-state index contributed by atoms with van der Waals surface area (Å²) in [6.07, 6.45) is 2.71. The molecule has 4 aromatic carbocycles. The Balaban J connectivity index is 0.00000406. The van der Waals surface area contributed by atoms with Crippen LogP contribution in [0, 0.1) is 0 Å². The summed E-state index contributed by atoms with van der Waals surface area (Å²) in [7, 11) is -10.0. The summed E-state index contributed by atoms with van der Waals surface area (Å²) in [4.78, 5) is 1.01. The second kappa shape index (κ2) is 13.2. The van der Waals surface area contributed by atoms with Crippen molar-refractivity contribution in [2.24, 2.45) is 0 Å². The summed E-state index contributed by atoms with van der Waals surface area (Å²) in [6.45, 7) is 3.38. The number of benzene rings is 4. The summed E-state index contributed by atoms with van der Waals surface area (Å²) in [6, 6.07) is 21.0. The molecule has 0 N–H and O–H groups in total. The molecule has 0 saturated carbocycles. The number of furan rings is 2. The quantitative estimate of drug-likeness (QED) is 0.0762. The smallest absolute Gasteiger partial charge is 0.743 e. The third kappa shape index (κ3) is 6.42. The molecule has 12 nitrogen and oxygen atoms in total. The van der Waals surface area contributed by atoms with Gasteiger partial charge in [-0.05, 0) is 42.1 Å². The molecule has 1 aliphatic heterocycles. The number of allylic oxidation sites excluding steroid dienone is 2. The molecule has 250 valence electrons. The van der Waals surface area contributed by atoms with Gasteiger partial charge in [0.1, 0.15) is 32.5 Å². The van der Waals surface area contributed by atoms with E-state index in [4.69, 9.17) is 29.6 Å². The van der Waals surface area contributed by atoms with Gasteiger partial charge in [0.2, 0.25) is 17.3 Å². The molecule has 16 heteroatoms. The fourth-order valence-corrected chi connectivity index (χ4v) is 7.38. The van der Waals surface area contributed by atoms with Crippen molar-refractivity contribution in [3.8, 4) is 5.75 Å². The SMILES string of the molecule is C=C=C=C(N1C(=CC(=Cc2oc3cc4c(cc3[n+]2CS(=O)(=O)[O-])oc2ccccc24)CCl)Oc2cc3c(cc21)oc1ccccc13)S(=O)(=O)[O-].[K+]. The average molecular weight is 767 g/mol. The molecule has 8 rings (SSSR count). The van der Waals surface area contributed by atoms with Crippen LogP contribution in [0.3, 0.4) is 0 Å². The van der Waals surface area contributed by atoms with Crippen molar-refractivity contribution in [3.63, 3.8) is 0 Å². The fourth-order valence-electron chi connectivity index (χ4n) is 6.04. The number of hydrogen-bond acceptors (Lipinski definition) is 11. The van der Waals surface area contributed by atoms with Crippen LogP contribution >= 0.6 is 11.6 Å². The number of ether oxygens (including phenoxy) is 1. The van der Waals surface area contributed by atoms with Crippen molar-refractivity contribution in [3.05, 3.63) is 119 Å². The van der Waals surface area contributed by atoms with Crippen LogP contribution in [0.4, 0.5) is 5.69 Å². The Morgan fingerprint density at radius 1 is 0.843 bits per heavy atom. The molecule has 3 aromatic heterocycles. The molecule has 0 bridgehead atoms. The van der Waals surface area contributed by atoms with Gasteiger partial charge in [-0.25, -0.2) is 16.8 Å². The first-order valence-corrected chi connectivity index (χ1v) is 18.2. The Labute approximate surface area is 336 Å². The zero-order valence-electron chi connectivity index (χ0n) is 26.4. The van der Waals surface area contributed by atoms with Gasteiger partial charge in [-0.2, -0.15) is 0 Å². The fraction of sp³-hybridized carbons (Fsp3) is 0.0571. The summed E-state index contributed by atoms with van der Waals surface area (Å²) in [5, 5.41) is 2.08. The van der Waals surface area contributed by atoms with Crippen molar-refractivity contribution in [1.29, 1.82) is 0 Å². The maximum absolute atomic E-state index is 12.5. The monoisotopic (exact) mass is 766 g/mol. The molecule has 0 unspecified atom stereocenters. The van der Waals surface area contributed by atoms with Crippen molar-refractivity contribution < 1.29 is 99.9 Å². The Bertz CT molecular complexity index is 2980. The molecule has 0 amide bonds. The molecule has 0 fully saturated rings. The number of hydrogen-bond donors (Lipinski definition) is 0. The summed E-state index contributed by atoms with van der Waals surface area (Å²) in [5.74, 6) is -1.30. The molecule has 0 spiro atoms. The van der Waals surface area contributed by atoms with E-state index < -0.39 is 31.1 Å². The van der Waals surface area contributed by atoms with Gasteiger partial charge in [0.05, 0.1) is 17.8 Å². The van der Waals surface area contributed by atoms with E-state index in [-0.39, 0.29) is 97.1 Å². The van der Waals surface area contributed by atoms with Crippen molar-refractivity contribution in [2.45, 2.75) is 5.88 Å². The predicted octanol–water partition coefficient (Wildman–Crippen LogP) is 3.72. The van der Waals surface area contributed by atoms with E-state index in [1.165, 1.54) is 18.2 Å². The minimum Gasteiger partial charge on any atom is -0.743 e. The number of nitrogens with zero attached hydrogens (tertiary/aromatic N) is 2. The molecular formula is C35H20ClKN2O10S2. The van der Waals surface area contributed by atoms with Crippen molar-refractivity contribution in [1.82, 2.24) is 0 Å². The van der Waals surface area contributed by atoms with Crippen molar-refractivity contribution in [2.75, 3.05) is 10.8 Å². The number of halogens is 1. The molecule has 0 radical (unpaired) electrons. The van der Waals surface area contributed by atoms with E-state index in [9.17, 15) is 25.9 Å². The first-order valence-electron chi connectivity index (χ1n) is 14.7. The zero-order valence-corrected chi connectivity index (χ0v) is 31.9. The molecule has 0 saturated heterocycles.